The molecule has 1 atom stereocenters. The number of carbonyl (C=O) groups excluding carboxylic acids is 2. The minimum absolute atomic E-state index is 0.00686. The molecule has 0 aliphatic heterocycles. The van der Waals surface area contributed by atoms with E-state index in [0.29, 0.717) is 0 Å². The molecule has 0 aromatic rings. The second-order valence-electron chi connectivity index (χ2n) is 7.60. The summed E-state index contributed by atoms with van der Waals surface area (Å²) in [5.41, 5.74) is 1.19. The predicted octanol–water partition coefficient (Wildman–Crippen LogP) is 3.90. The minimum atomic E-state index is -0.988. The number of hydrogen-bond acceptors (Lipinski definition) is 5. The standard InChI is InChI=1S/C22H36O5/c1-17(13-15-23)8-6-10-20(16-27-19(3)24)11-7-9-18(2)21(25)12-14-22(4,5)26/h10,12-14,18,23,26H,6-9,11,15-16H2,1-5H3/b14-12+,17-13-,20-10-. The molecule has 27 heavy (non-hydrogen) atoms. The van der Waals surface area contributed by atoms with Gasteiger partial charge in [0, 0.05) is 12.8 Å². The highest BCUT2D eigenvalue weighted by molar-refractivity contribution is 5.91. The molecule has 0 spiro atoms. The van der Waals surface area contributed by atoms with E-state index in [-0.39, 0.29) is 30.9 Å². The summed E-state index contributed by atoms with van der Waals surface area (Å²) in [4.78, 5) is 23.2. The topological polar surface area (TPSA) is 83.8 Å². The van der Waals surface area contributed by atoms with Gasteiger partial charge in [0.1, 0.15) is 6.61 Å². The number of aliphatic hydroxyl groups is 2. The second-order valence-corrected chi connectivity index (χ2v) is 7.60. The number of rotatable bonds is 13. The van der Waals surface area contributed by atoms with Crippen LogP contribution in [0.2, 0.25) is 0 Å². The Morgan fingerprint density at radius 1 is 1.15 bits per heavy atom. The van der Waals surface area contributed by atoms with E-state index < -0.39 is 5.60 Å². The third-order valence-corrected chi connectivity index (χ3v) is 4.15. The van der Waals surface area contributed by atoms with Gasteiger partial charge in [0.25, 0.3) is 0 Å². The van der Waals surface area contributed by atoms with E-state index in [1.807, 2.05) is 13.8 Å². The van der Waals surface area contributed by atoms with Crippen molar-refractivity contribution in [1.82, 2.24) is 0 Å². The Kier molecular flexibility index (Phi) is 12.6. The van der Waals surface area contributed by atoms with Crippen LogP contribution in [0.4, 0.5) is 0 Å². The Bertz CT molecular complexity index is 550. The maximum atomic E-state index is 12.1. The van der Waals surface area contributed by atoms with Gasteiger partial charge in [-0.2, -0.15) is 0 Å². The molecular formula is C22H36O5. The molecule has 154 valence electrons. The van der Waals surface area contributed by atoms with Gasteiger partial charge >= 0.3 is 5.97 Å². The summed E-state index contributed by atoms with van der Waals surface area (Å²) in [7, 11) is 0. The van der Waals surface area contributed by atoms with E-state index in [4.69, 9.17) is 9.84 Å². The Labute approximate surface area is 163 Å². The third-order valence-electron chi connectivity index (χ3n) is 4.15. The lowest BCUT2D eigenvalue weighted by Gasteiger charge is -2.13. The average Bonchev–Trinajstić information content (AvgIpc) is 2.56. The fourth-order valence-corrected chi connectivity index (χ4v) is 2.42. The normalized spacial score (nSPS) is 14.5. The predicted molar refractivity (Wildman–Crippen MR) is 108 cm³/mol. The van der Waals surface area contributed by atoms with Crippen molar-refractivity contribution in [2.45, 2.75) is 72.3 Å². The van der Waals surface area contributed by atoms with Crippen LogP contribution in [0.5, 0.6) is 0 Å². The second kappa shape index (κ2) is 13.4. The first-order chi connectivity index (χ1) is 12.5. The van der Waals surface area contributed by atoms with Gasteiger partial charge in [0.15, 0.2) is 5.78 Å². The van der Waals surface area contributed by atoms with Crippen LogP contribution in [0, 0.1) is 5.92 Å². The number of ether oxygens (including phenoxy) is 1. The van der Waals surface area contributed by atoms with E-state index in [1.54, 1.807) is 19.9 Å². The molecule has 0 aromatic carbocycles. The molecule has 0 rings (SSSR count). The Morgan fingerprint density at radius 3 is 2.37 bits per heavy atom. The van der Waals surface area contributed by atoms with Gasteiger partial charge in [-0.15, -0.1) is 0 Å². The van der Waals surface area contributed by atoms with Gasteiger partial charge in [-0.3, -0.25) is 9.59 Å². The van der Waals surface area contributed by atoms with Crippen LogP contribution in [0.3, 0.4) is 0 Å². The molecule has 5 nitrogen and oxygen atoms in total. The molecule has 0 amide bonds. The van der Waals surface area contributed by atoms with Crippen molar-refractivity contribution in [1.29, 1.82) is 0 Å². The number of aliphatic hydroxyl groups excluding tert-OH is 1. The van der Waals surface area contributed by atoms with Gasteiger partial charge in [-0.05, 0) is 64.5 Å². The Balaban J connectivity index is 4.57. The van der Waals surface area contributed by atoms with Crippen molar-refractivity contribution in [3.05, 3.63) is 35.5 Å². The van der Waals surface area contributed by atoms with Gasteiger partial charge in [-0.25, -0.2) is 0 Å². The molecule has 2 N–H and O–H groups in total. The average molecular weight is 381 g/mol. The minimum Gasteiger partial charge on any atom is -0.461 e. The van der Waals surface area contributed by atoms with Crippen LogP contribution in [0.25, 0.3) is 0 Å². The number of esters is 1. The maximum absolute atomic E-state index is 12.1. The first kappa shape index (κ1) is 25.3. The maximum Gasteiger partial charge on any atom is 0.302 e. The van der Waals surface area contributed by atoms with Crippen molar-refractivity contribution in [3.8, 4) is 0 Å². The lowest BCUT2D eigenvalue weighted by molar-refractivity contribution is -0.140. The van der Waals surface area contributed by atoms with Crippen molar-refractivity contribution in [3.63, 3.8) is 0 Å². The lowest BCUT2D eigenvalue weighted by atomic mass is 9.96. The number of hydrogen-bond donors (Lipinski definition) is 2. The molecule has 0 saturated carbocycles. The summed E-state index contributed by atoms with van der Waals surface area (Å²) in [5.74, 6) is -0.418. The summed E-state index contributed by atoms with van der Waals surface area (Å²) in [6.45, 7) is 8.83. The molecule has 1 unspecified atom stereocenters. The largest absolute Gasteiger partial charge is 0.461 e. The molecule has 0 bridgehead atoms. The highest BCUT2D eigenvalue weighted by Gasteiger charge is 2.13. The number of carbonyl (C=O) groups is 2. The quantitative estimate of drug-likeness (QED) is 0.288. The van der Waals surface area contributed by atoms with Crippen LogP contribution in [-0.4, -0.2) is 40.8 Å². The van der Waals surface area contributed by atoms with Crippen LogP contribution in [-0.2, 0) is 14.3 Å². The Morgan fingerprint density at radius 2 is 1.81 bits per heavy atom. The third kappa shape index (κ3) is 15.1. The lowest BCUT2D eigenvalue weighted by Crippen LogP contribution is -2.16. The molecule has 0 aromatic heterocycles. The molecule has 5 heteroatoms. The molecule has 0 fully saturated rings. The van der Waals surface area contributed by atoms with Crippen LogP contribution < -0.4 is 0 Å². The highest BCUT2D eigenvalue weighted by Crippen LogP contribution is 2.17. The van der Waals surface area contributed by atoms with Gasteiger partial charge in [0.2, 0.25) is 0 Å². The van der Waals surface area contributed by atoms with E-state index in [1.165, 1.54) is 19.1 Å². The van der Waals surface area contributed by atoms with E-state index in [2.05, 4.69) is 6.08 Å². The molecule has 0 aliphatic carbocycles. The molecule has 0 saturated heterocycles. The number of ketones is 1. The van der Waals surface area contributed by atoms with Crippen LogP contribution in [0.1, 0.15) is 66.7 Å². The summed E-state index contributed by atoms with van der Waals surface area (Å²) in [6.07, 6.45) is 10.8. The Hall–Kier alpha value is -1.72. The zero-order valence-electron chi connectivity index (χ0n) is 17.5. The summed E-state index contributed by atoms with van der Waals surface area (Å²) >= 11 is 0. The molecular weight excluding hydrogens is 344 g/mol. The van der Waals surface area contributed by atoms with E-state index >= 15 is 0 Å². The summed E-state index contributed by atoms with van der Waals surface area (Å²) < 4.78 is 5.12. The molecule has 0 heterocycles. The van der Waals surface area contributed by atoms with Crippen molar-refractivity contribution < 1.29 is 24.5 Å². The zero-order valence-corrected chi connectivity index (χ0v) is 17.5. The highest BCUT2D eigenvalue weighted by atomic mass is 16.5. The fourth-order valence-electron chi connectivity index (χ4n) is 2.42. The van der Waals surface area contributed by atoms with Crippen molar-refractivity contribution >= 4 is 11.8 Å². The van der Waals surface area contributed by atoms with Gasteiger partial charge in [0.05, 0.1) is 12.2 Å². The van der Waals surface area contributed by atoms with Crippen LogP contribution >= 0.6 is 0 Å². The SMILES string of the molecule is CC(=O)OC/C(=C\CC/C(C)=C\CO)CCCC(C)C(=O)/C=C/C(C)(C)O. The molecule has 0 aliphatic rings. The smallest absolute Gasteiger partial charge is 0.302 e. The number of allylic oxidation sites excluding steroid dienone is 3. The van der Waals surface area contributed by atoms with E-state index in [0.717, 1.165) is 43.3 Å². The molecule has 0 radical (unpaired) electrons. The fraction of sp³-hybridized carbons (Fsp3) is 0.636. The first-order valence-electron chi connectivity index (χ1n) is 9.58. The first-order valence-corrected chi connectivity index (χ1v) is 9.58. The summed E-state index contributed by atoms with van der Waals surface area (Å²) in [6, 6.07) is 0. The van der Waals surface area contributed by atoms with Crippen molar-refractivity contribution in [2.24, 2.45) is 5.92 Å². The van der Waals surface area contributed by atoms with Crippen LogP contribution in [0.15, 0.2) is 35.5 Å². The zero-order chi connectivity index (χ0) is 20.9. The van der Waals surface area contributed by atoms with Gasteiger partial charge in [-0.1, -0.05) is 30.7 Å². The summed E-state index contributed by atoms with van der Waals surface area (Å²) in [5, 5.41) is 18.5. The van der Waals surface area contributed by atoms with E-state index in [9.17, 15) is 14.7 Å². The van der Waals surface area contributed by atoms with Crippen molar-refractivity contribution in [2.75, 3.05) is 13.2 Å². The van der Waals surface area contributed by atoms with Gasteiger partial charge < -0.3 is 14.9 Å². The monoisotopic (exact) mass is 380 g/mol.